The van der Waals surface area contributed by atoms with Gasteiger partial charge in [-0.15, -0.1) is 0 Å². The highest BCUT2D eigenvalue weighted by Gasteiger charge is 2.45. The number of piperazine rings is 1. The van der Waals surface area contributed by atoms with Crippen LogP contribution in [0, 0.1) is 23.2 Å². The quantitative estimate of drug-likeness (QED) is 0.697. The van der Waals surface area contributed by atoms with Crippen molar-refractivity contribution in [2.75, 3.05) is 36.4 Å². The van der Waals surface area contributed by atoms with E-state index >= 15 is 0 Å². The molecule has 2 aliphatic carbocycles. The maximum atomic E-state index is 12.6. The smallest absolute Gasteiger partial charge is 0.228 e. The van der Waals surface area contributed by atoms with Crippen molar-refractivity contribution in [2.24, 2.45) is 11.8 Å². The summed E-state index contributed by atoms with van der Waals surface area (Å²) in [5, 5.41) is 19.9. The lowest BCUT2D eigenvalue weighted by molar-refractivity contribution is -0.133. The van der Waals surface area contributed by atoms with Crippen LogP contribution in [0.1, 0.15) is 31.2 Å². The Bertz CT molecular complexity index is 1280. The van der Waals surface area contributed by atoms with E-state index in [1.54, 1.807) is 6.20 Å². The van der Waals surface area contributed by atoms with Gasteiger partial charge in [0.15, 0.2) is 5.65 Å². The Morgan fingerprint density at radius 1 is 1.29 bits per heavy atom. The topological polar surface area (TPSA) is 119 Å². The maximum Gasteiger partial charge on any atom is 0.228 e. The van der Waals surface area contributed by atoms with Gasteiger partial charge in [0.2, 0.25) is 11.8 Å². The predicted molar refractivity (Wildman–Crippen MR) is 126 cm³/mol. The first-order chi connectivity index (χ1) is 16.5. The largest absolute Gasteiger partial charge is 0.367 e. The molecular weight excluding hydrogens is 432 g/mol. The van der Waals surface area contributed by atoms with Crippen molar-refractivity contribution in [2.45, 2.75) is 31.7 Å². The third-order valence-electron chi connectivity index (χ3n) is 6.96. The van der Waals surface area contributed by atoms with Gasteiger partial charge in [-0.25, -0.2) is 4.98 Å². The summed E-state index contributed by atoms with van der Waals surface area (Å²) >= 11 is 0. The van der Waals surface area contributed by atoms with Crippen LogP contribution in [-0.2, 0) is 9.59 Å². The SMILES string of the molecule is C=C1NC(=O)C/C1=C\c1cnn2c(NC3CC3)cc(N3CCN(C(=O)C4CC4C#N)CC3)nc12. The molecule has 2 aromatic heterocycles. The normalized spacial score (nSPS) is 25.6. The number of anilines is 2. The van der Waals surface area contributed by atoms with Gasteiger partial charge in [-0.3, -0.25) is 9.59 Å². The highest BCUT2D eigenvalue weighted by Crippen LogP contribution is 2.39. The summed E-state index contributed by atoms with van der Waals surface area (Å²) < 4.78 is 1.82. The summed E-state index contributed by atoms with van der Waals surface area (Å²) in [6.45, 7) is 6.54. The molecule has 2 saturated carbocycles. The van der Waals surface area contributed by atoms with E-state index in [9.17, 15) is 9.59 Å². The van der Waals surface area contributed by atoms with E-state index in [1.807, 2.05) is 21.6 Å². The molecule has 2 saturated heterocycles. The first kappa shape index (κ1) is 20.7. The van der Waals surface area contributed by atoms with Crippen LogP contribution >= 0.6 is 0 Å². The first-order valence-electron chi connectivity index (χ1n) is 11.8. The fraction of sp³-hybridized carbons (Fsp3) is 0.458. The van der Waals surface area contributed by atoms with Crippen molar-refractivity contribution >= 4 is 35.2 Å². The van der Waals surface area contributed by atoms with Crippen molar-refractivity contribution < 1.29 is 9.59 Å². The highest BCUT2D eigenvalue weighted by atomic mass is 16.2. The van der Waals surface area contributed by atoms with Gasteiger partial charge < -0.3 is 20.4 Å². The van der Waals surface area contributed by atoms with Crippen LogP contribution in [0.5, 0.6) is 0 Å². The number of nitriles is 1. The van der Waals surface area contributed by atoms with Crippen molar-refractivity contribution in [3.05, 3.63) is 35.7 Å². The standard InChI is InChI=1S/C24H26N8O2/c1-14-15(10-22(33)27-14)8-17-13-26-32-21(28-18-2-3-18)11-20(29-23(17)32)30-4-6-31(7-5-30)24(34)19-9-16(19)12-25/h8,11,13,16,18-19,28H,1-7,9-10H2,(H,27,33)/b15-8+. The number of nitrogens with one attached hydrogen (secondary N) is 2. The Morgan fingerprint density at radius 3 is 2.74 bits per heavy atom. The molecule has 2 aliphatic heterocycles. The number of aromatic nitrogens is 3. The van der Waals surface area contributed by atoms with Crippen molar-refractivity contribution in [3.8, 4) is 6.07 Å². The second-order valence-corrected chi connectivity index (χ2v) is 9.52. The zero-order valence-corrected chi connectivity index (χ0v) is 18.8. The molecule has 4 fully saturated rings. The number of amides is 2. The molecule has 4 heterocycles. The summed E-state index contributed by atoms with van der Waals surface area (Å²) in [6, 6.07) is 4.68. The first-order valence-corrected chi connectivity index (χ1v) is 11.8. The van der Waals surface area contributed by atoms with Crippen LogP contribution < -0.4 is 15.5 Å². The second-order valence-electron chi connectivity index (χ2n) is 9.52. The lowest BCUT2D eigenvalue weighted by atomic mass is 10.1. The zero-order chi connectivity index (χ0) is 23.4. The summed E-state index contributed by atoms with van der Waals surface area (Å²) in [5.74, 6) is 1.55. The molecule has 2 amide bonds. The van der Waals surface area contributed by atoms with E-state index in [0.717, 1.165) is 35.6 Å². The van der Waals surface area contributed by atoms with E-state index in [-0.39, 0.29) is 23.7 Å². The van der Waals surface area contributed by atoms with Gasteiger partial charge in [0.05, 0.1) is 30.5 Å². The lowest BCUT2D eigenvalue weighted by Gasteiger charge is -2.35. The van der Waals surface area contributed by atoms with Crippen LogP contribution in [-0.4, -0.2) is 63.5 Å². The molecule has 2 unspecified atom stereocenters. The fourth-order valence-corrected chi connectivity index (χ4v) is 4.67. The molecule has 4 aliphatic rings. The Kier molecular flexibility index (Phi) is 4.79. The molecule has 174 valence electrons. The van der Waals surface area contributed by atoms with Crippen LogP contribution in [0.2, 0.25) is 0 Å². The molecule has 10 nitrogen and oxygen atoms in total. The van der Waals surface area contributed by atoms with Gasteiger partial charge >= 0.3 is 0 Å². The Balaban J connectivity index is 1.27. The van der Waals surface area contributed by atoms with E-state index in [2.05, 4.69) is 33.3 Å². The zero-order valence-electron chi connectivity index (χ0n) is 18.8. The molecule has 2 N–H and O–H groups in total. The Morgan fingerprint density at radius 2 is 2.09 bits per heavy atom. The van der Waals surface area contributed by atoms with Gasteiger partial charge in [0.1, 0.15) is 11.6 Å². The Labute approximate surface area is 196 Å². The van der Waals surface area contributed by atoms with Crippen LogP contribution in [0.4, 0.5) is 11.6 Å². The Hall–Kier alpha value is -3.87. The molecule has 0 spiro atoms. The van der Waals surface area contributed by atoms with Crippen LogP contribution in [0.3, 0.4) is 0 Å². The van der Waals surface area contributed by atoms with Gasteiger partial charge in [-0.2, -0.15) is 14.9 Å². The van der Waals surface area contributed by atoms with Crippen molar-refractivity contribution in [1.82, 2.24) is 24.8 Å². The van der Waals surface area contributed by atoms with E-state index < -0.39 is 0 Å². The average Bonchev–Trinajstić information content (AvgIpc) is 3.75. The van der Waals surface area contributed by atoms with Gasteiger partial charge in [0, 0.05) is 49.5 Å². The number of hydrogen-bond donors (Lipinski definition) is 2. The molecule has 0 aromatic carbocycles. The number of hydrogen-bond acceptors (Lipinski definition) is 7. The van der Waals surface area contributed by atoms with Gasteiger partial charge in [-0.1, -0.05) is 6.58 Å². The van der Waals surface area contributed by atoms with E-state index in [1.165, 1.54) is 0 Å². The summed E-state index contributed by atoms with van der Waals surface area (Å²) in [7, 11) is 0. The third kappa shape index (κ3) is 3.77. The van der Waals surface area contributed by atoms with Crippen molar-refractivity contribution in [3.63, 3.8) is 0 Å². The number of rotatable bonds is 5. The molecule has 0 bridgehead atoms. The van der Waals surface area contributed by atoms with Crippen LogP contribution in [0.25, 0.3) is 11.7 Å². The number of allylic oxidation sites excluding steroid dienone is 1. The van der Waals surface area contributed by atoms with Gasteiger partial charge in [0.25, 0.3) is 0 Å². The third-order valence-corrected chi connectivity index (χ3v) is 6.96. The highest BCUT2D eigenvalue weighted by molar-refractivity contribution is 5.90. The predicted octanol–water partition coefficient (Wildman–Crippen LogP) is 1.53. The maximum absolute atomic E-state index is 12.6. The number of fused-ring (bicyclic) bond motifs is 1. The average molecular weight is 459 g/mol. The molecule has 0 radical (unpaired) electrons. The molecular formula is C24H26N8O2. The second kappa shape index (κ2) is 7.87. The molecule has 34 heavy (non-hydrogen) atoms. The fourth-order valence-electron chi connectivity index (χ4n) is 4.67. The minimum absolute atomic E-state index is 0.0582. The summed E-state index contributed by atoms with van der Waals surface area (Å²) in [4.78, 5) is 33.4. The van der Waals surface area contributed by atoms with E-state index in [0.29, 0.717) is 56.4 Å². The number of nitrogens with zero attached hydrogens (tertiary/aromatic N) is 6. The van der Waals surface area contributed by atoms with E-state index in [4.69, 9.17) is 10.2 Å². The minimum atomic E-state index is -0.116. The summed E-state index contributed by atoms with van der Waals surface area (Å²) in [5.41, 5.74) is 3.01. The molecule has 2 atom stereocenters. The molecule has 2 aromatic rings. The monoisotopic (exact) mass is 458 g/mol. The molecule has 10 heteroatoms. The molecule has 6 rings (SSSR count). The number of carbonyl (C=O) groups is 2. The van der Waals surface area contributed by atoms with Gasteiger partial charge in [-0.05, 0) is 30.9 Å². The van der Waals surface area contributed by atoms with Crippen molar-refractivity contribution in [1.29, 1.82) is 5.26 Å². The summed E-state index contributed by atoms with van der Waals surface area (Å²) in [6.07, 6.45) is 6.96. The van der Waals surface area contributed by atoms with Crippen LogP contribution in [0.15, 0.2) is 30.1 Å². The lowest BCUT2D eigenvalue weighted by Crippen LogP contribution is -2.49. The number of carbonyl (C=O) groups excluding carboxylic acids is 2. The minimum Gasteiger partial charge on any atom is -0.367 e.